The van der Waals surface area contributed by atoms with Crippen LogP contribution < -0.4 is 5.73 Å². The summed E-state index contributed by atoms with van der Waals surface area (Å²) in [6.45, 7) is 3.22. The van der Waals surface area contributed by atoms with Crippen molar-refractivity contribution in [2.45, 2.75) is 25.8 Å². The number of amides is 1. The summed E-state index contributed by atoms with van der Waals surface area (Å²) in [5.41, 5.74) is 10.9. The van der Waals surface area contributed by atoms with Gasteiger partial charge in [-0.1, -0.05) is 30.7 Å². The summed E-state index contributed by atoms with van der Waals surface area (Å²) in [5, 5.41) is 5.25. The molecule has 156 valence electrons. The molecule has 0 saturated carbocycles. The van der Waals surface area contributed by atoms with Crippen molar-refractivity contribution in [1.29, 1.82) is 0 Å². The van der Waals surface area contributed by atoms with Crippen LogP contribution in [0.3, 0.4) is 0 Å². The van der Waals surface area contributed by atoms with Gasteiger partial charge in [0.1, 0.15) is 0 Å². The molecular weight excluding hydrogens is 386 g/mol. The lowest BCUT2D eigenvalue weighted by Crippen LogP contribution is -2.29. The third-order valence-electron chi connectivity index (χ3n) is 5.90. The number of fused-ring (bicyclic) bond motifs is 1. The number of piperidine rings is 1. The molecule has 0 radical (unpaired) electrons. The lowest BCUT2D eigenvalue weighted by atomic mass is 10.0. The number of nitrogens with zero attached hydrogens (tertiary/aromatic N) is 4. The number of rotatable bonds is 5. The smallest absolute Gasteiger partial charge is 0.269 e. The van der Waals surface area contributed by atoms with Crippen LogP contribution in [-0.2, 0) is 6.54 Å². The van der Waals surface area contributed by atoms with E-state index in [1.807, 2.05) is 54.9 Å². The van der Waals surface area contributed by atoms with Gasteiger partial charge in [-0.2, -0.15) is 5.10 Å². The first-order valence-corrected chi connectivity index (χ1v) is 10.7. The Balaban J connectivity index is 1.53. The fourth-order valence-electron chi connectivity index (χ4n) is 4.35. The van der Waals surface area contributed by atoms with E-state index in [1.165, 1.54) is 24.8 Å². The second kappa shape index (κ2) is 8.32. The number of likely N-dealkylation sites (tertiary alicyclic amines) is 1. The summed E-state index contributed by atoms with van der Waals surface area (Å²) in [6, 6.07) is 18.0. The van der Waals surface area contributed by atoms with E-state index < -0.39 is 5.91 Å². The maximum Gasteiger partial charge on any atom is 0.269 e. The molecule has 2 aromatic heterocycles. The summed E-state index contributed by atoms with van der Waals surface area (Å²) >= 11 is 0. The number of carbonyl (C=O) groups is 1. The average molecular weight is 412 g/mol. The average Bonchev–Trinajstić information content (AvgIpc) is 3.20. The second-order valence-electron chi connectivity index (χ2n) is 8.11. The summed E-state index contributed by atoms with van der Waals surface area (Å²) < 4.78 is 1.77. The normalized spacial score (nSPS) is 14.7. The van der Waals surface area contributed by atoms with Crippen LogP contribution >= 0.6 is 0 Å². The standard InChI is InChI=1S/C25H25N5O/c26-25(31)24-22-14-19(9-10-23(22)30(28-24)21-7-3-1-4-8-21)20-13-18(15-27-16-20)17-29-11-5-2-6-12-29/h1,3-4,7-10,13-16H,2,5-6,11-12,17H2,(H2,26,31). The Labute approximate surface area is 181 Å². The van der Waals surface area contributed by atoms with Crippen molar-refractivity contribution in [3.05, 3.63) is 78.2 Å². The van der Waals surface area contributed by atoms with Crippen LogP contribution in [0.1, 0.15) is 35.3 Å². The fourth-order valence-corrected chi connectivity index (χ4v) is 4.35. The fraction of sp³-hybridized carbons (Fsp3) is 0.240. The molecule has 0 bridgehead atoms. The molecule has 0 atom stereocenters. The van der Waals surface area contributed by atoms with Crippen LogP contribution in [0.2, 0.25) is 0 Å². The van der Waals surface area contributed by atoms with Gasteiger partial charge in [-0.05, 0) is 67.4 Å². The Morgan fingerprint density at radius 3 is 2.52 bits per heavy atom. The lowest BCUT2D eigenvalue weighted by molar-refractivity contribution is 0.0996. The predicted octanol–water partition coefficient (Wildman–Crippen LogP) is 4.17. The monoisotopic (exact) mass is 411 g/mol. The van der Waals surface area contributed by atoms with E-state index in [0.29, 0.717) is 0 Å². The third kappa shape index (κ3) is 3.94. The number of benzene rings is 2. The number of pyridine rings is 1. The lowest BCUT2D eigenvalue weighted by Gasteiger charge is -2.26. The zero-order valence-electron chi connectivity index (χ0n) is 17.4. The summed E-state index contributed by atoms with van der Waals surface area (Å²) in [7, 11) is 0. The number of hydrogen-bond acceptors (Lipinski definition) is 4. The van der Waals surface area contributed by atoms with E-state index in [9.17, 15) is 4.79 Å². The van der Waals surface area contributed by atoms with Gasteiger partial charge < -0.3 is 5.73 Å². The molecule has 1 aliphatic heterocycles. The molecule has 31 heavy (non-hydrogen) atoms. The van der Waals surface area contributed by atoms with Crippen LogP contribution in [0.4, 0.5) is 0 Å². The highest BCUT2D eigenvalue weighted by atomic mass is 16.1. The van der Waals surface area contributed by atoms with Crippen LogP contribution in [0.15, 0.2) is 67.0 Å². The minimum atomic E-state index is -0.534. The molecule has 2 N–H and O–H groups in total. The molecule has 3 heterocycles. The molecule has 0 aliphatic carbocycles. The highest BCUT2D eigenvalue weighted by Gasteiger charge is 2.17. The molecule has 1 amide bonds. The highest BCUT2D eigenvalue weighted by molar-refractivity contribution is 6.05. The zero-order chi connectivity index (χ0) is 21.2. The van der Waals surface area contributed by atoms with Gasteiger partial charge in [0.05, 0.1) is 11.2 Å². The number of para-hydroxylation sites is 1. The van der Waals surface area contributed by atoms with Gasteiger partial charge in [-0.3, -0.25) is 14.7 Å². The SMILES string of the molecule is NC(=O)c1nn(-c2ccccc2)c2ccc(-c3cncc(CN4CCCCC4)c3)cc12. The molecule has 0 unspecified atom stereocenters. The summed E-state index contributed by atoms with van der Waals surface area (Å²) in [6.07, 6.45) is 7.68. The van der Waals surface area contributed by atoms with Gasteiger partial charge in [0.2, 0.25) is 0 Å². The van der Waals surface area contributed by atoms with Crippen molar-refractivity contribution in [3.8, 4) is 16.8 Å². The molecule has 1 fully saturated rings. The first-order chi connectivity index (χ1) is 15.2. The van der Waals surface area contributed by atoms with Crippen molar-refractivity contribution < 1.29 is 4.79 Å². The molecule has 6 nitrogen and oxygen atoms in total. The first kappa shape index (κ1) is 19.5. The van der Waals surface area contributed by atoms with E-state index in [1.54, 1.807) is 4.68 Å². The zero-order valence-corrected chi connectivity index (χ0v) is 17.4. The number of aromatic nitrogens is 3. The Kier molecular flexibility index (Phi) is 5.22. The number of hydrogen-bond donors (Lipinski definition) is 1. The highest BCUT2D eigenvalue weighted by Crippen LogP contribution is 2.28. The van der Waals surface area contributed by atoms with Crippen molar-refractivity contribution in [2.24, 2.45) is 5.73 Å². The molecule has 6 heteroatoms. The van der Waals surface area contributed by atoms with Gasteiger partial charge in [-0.15, -0.1) is 0 Å². The van der Waals surface area contributed by atoms with Crippen LogP contribution in [-0.4, -0.2) is 38.7 Å². The van der Waals surface area contributed by atoms with Gasteiger partial charge in [0, 0.05) is 29.9 Å². The van der Waals surface area contributed by atoms with Crippen LogP contribution in [0.5, 0.6) is 0 Å². The Hall–Kier alpha value is -3.51. The van der Waals surface area contributed by atoms with Gasteiger partial charge in [0.25, 0.3) is 5.91 Å². The quantitative estimate of drug-likeness (QED) is 0.535. The molecule has 4 aromatic rings. The van der Waals surface area contributed by atoms with Crippen molar-refractivity contribution >= 4 is 16.8 Å². The molecule has 5 rings (SSSR count). The molecule has 1 saturated heterocycles. The minimum absolute atomic E-state index is 0.276. The molecule has 0 spiro atoms. The Morgan fingerprint density at radius 2 is 1.74 bits per heavy atom. The Morgan fingerprint density at radius 1 is 0.935 bits per heavy atom. The Bertz CT molecular complexity index is 1230. The molecule has 1 aliphatic rings. The maximum atomic E-state index is 12.1. The molecule has 2 aromatic carbocycles. The maximum absolute atomic E-state index is 12.1. The van der Waals surface area contributed by atoms with E-state index in [-0.39, 0.29) is 5.69 Å². The number of nitrogens with two attached hydrogens (primary N) is 1. The molecular formula is C25H25N5O. The van der Waals surface area contributed by atoms with Gasteiger partial charge >= 0.3 is 0 Å². The van der Waals surface area contributed by atoms with Gasteiger partial charge in [0.15, 0.2) is 5.69 Å². The van der Waals surface area contributed by atoms with Crippen LogP contribution in [0.25, 0.3) is 27.7 Å². The number of carbonyl (C=O) groups excluding carboxylic acids is 1. The van der Waals surface area contributed by atoms with Crippen molar-refractivity contribution in [3.63, 3.8) is 0 Å². The first-order valence-electron chi connectivity index (χ1n) is 10.7. The minimum Gasteiger partial charge on any atom is -0.364 e. The van der Waals surface area contributed by atoms with E-state index in [0.717, 1.165) is 47.4 Å². The van der Waals surface area contributed by atoms with Crippen molar-refractivity contribution in [1.82, 2.24) is 19.7 Å². The van der Waals surface area contributed by atoms with E-state index in [4.69, 9.17) is 5.73 Å². The predicted molar refractivity (Wildman–Crippen MR) is 122 cm³/mol. The largest absolute Gasteiger partial charge is 0.364 e. The summed E-state index contributed by atoms with van der Waals surface area (Å²) in [5.74, 6) is -0.534. The van der Waals surface area contributed by atoms with E-state index >= 15 is 0 Å². The number of primary amides is 1. The second-order valence-corrected chi connectivity index (χ2v) is 8.11. The van der Waals surface area contributed by atoms with Crippen molar-refractivity contribution in [2.75, 3.05) is 13.1 Å². The van der Waals surface area contributed by atoms with Gasteiger partial charge in [-0.25, -0.2) is 4.68 Å². The summed E-state index contributed by atoms with van der Waals surface area (Å²) in [4.78, 5) is 19.1. The van der Waals surface area contributed by atoms with Crippen LogP contribution in [0, 0.1) is 0 Å². The third-order valence-corrected chi connectivity index (χ3v) is 5.90. The van der Waals surface area contributed by atoms with E-state index in [2.05, 4.69) is 27.1 Å². The topological polar surface area (TPSA) is 77.0 Å².